The maximum absolute atomic E-state index is 13.4. The molecule has 1 aliphatic rings. The zero-order valence-electron chi connectivity index (χ0n) is 15.9. The van der Waals surface area contributed by atoms with Crippen molar-refractivity contribution in [2.45, 2.75) is 19.4 Å². The summed E-state index contributed by atoms with van der Waals surface area (Å²) in [5, 5.41) is 1.27. The van der Waals surface area contributed by atoms with Crippen LogP contribution >= 0.6 is 0 Å². The minimum absolute atomic E-state index is 0.0800. The Kier molecular flexibility index (Phi) is 4.01. The zero-order valence-corrected chi connectivity index (χ0v) is 15.9. The molecule has 1 N–H and O–H groups in total. The molecule has 1 aromatic heterocycles. The summed E-state index contributed by atoms with van der Waals surface area (Å²) in [4.78, 5) is 19.0. The average Bonchev–Trinajstić information content (AvgIpc) is 3.12. The van der Waals surface area contributed by atoms with Crippen LogP contribution in [0.25, 0.3) is 10.9 Å². The molecule has 2 heterocycles. The Hall–Kier alpha value is -3.33. The molecule has 0 fully saturated rings. The summed E-state index contributed by atoms with van der Waals surface area (Å²) in [6.07, 6.45) is 0.861. The second-order valence-corrected chi connectivity index (χ2v) is 7.49. The monoisotopic (exact) mass is 366 g/mol. The molecule has 0 unspecified atom stereocenters. The van der Waals surface area contributed by atoms with Crippen molar-refractivity contribution in [1.82, 2.24) is 9.88 Å². The number of H-pyrrole nitrogens is 1. The van der Waals surface area contributed by atoms with E-state index in [2.05, 4.69) is 60.4 Å². The van der Waals surface area contributed by atoms with Gasteiger partial charge in [0, 0.05) is 28.7 Å². The average molecular weight is 366 g/mol. The predicted molar refractivity (Wildman–Crippen MR) is 113 cm³/mol. The van der Waals surface area contributed by atoms with Crippen molar-refractivity contribution in [1.29, 1.82) is 0 Å². The maximum Gasteiger partial charge on any atom is 0.254 e. The number of hydrogen-bond donors (Lipinski definition) is 1. The first-order valence-electron chi connectivity index (χ1n) is 9.74. The summed E-state index contributed by atoms with van der Waals surface area (Å²) in [6.45, 7) is 2.81. The minimum atomic E-state index is -0.108. The molecular weight excluding hydrogens is 344 g/mol. The molecule has 4 aromatic rings. The lowest BCUT2D eigenvalue weighted by atomic mass is 9.91. The third-order valence-electron chi connectivity index (χ3n) is 5.67. The topological polar surface area (TPSA) is 36.1 Å². The first-order valence-corrected chi connectivity index (χ1v) is 9.74. The molecule has 0 saturated heterocycles. The van der Waals surface area contributed by atoms with E-state index in [1.165, 1.54) is 16.5 Å². The van der Waals surface area contributed by atoms with Gasteiger partial charge >= 0.3 is 0 Å². The molecule has 0 aliphatic carbocycles. The van der Waals surface area contributed by atoms with Gasteiger partial charge in [0.25, 0.3) is 5.91 Å². The normalized spacial score (nSPS) is 16.2. The van der Waals surface area contributed by atoms with Gasteiger partial charge in [-0.15, -0.1) is 0 Å². The molecule has 1 atom stereocenters. The van der Waals surface area contributed by atoms with Crippen LogP contribution < -0.4 is 0 Å². The van der Waals surface area contributed by atoms with Crippen LogP contribution in [0.3, 0.4) is 0 Å². The Balaban J connectivity index is 1.68. The fraction of sp³-hybridized carbons (Fsp3) is 0.160. The first kappa shape index (κ1) is 16.8. The van der Waals surface area contributed by atoms with Gasteiger partial charge in [0.15, 0.2) is 0 Å². The fourth-order valence-corrected chi connectivity index (χ4v) is 4.39. The van der Waals surface area contributed by atoms with E-state index in [-0.39, 0.29) is 11.9 Å². The molecule has 1 aliphatic heterocycles. The van der Waals surface area contributed by atoms with Crippen LogP contribution in [0.15, 0.2) is 78.9 Å². The van der Waals surface area contributed by atoms with E-state index in [1.807, 2.05) is 35.2 Å². The Morgan fingerprint density at radius 2 is 1.75 bits per heavy atom. The van der Waals surface area contributed by atoms with Crippen LogP contribution in [0, 0.1) is 6.92 Å². The van der Waals surface area contributed by atoms with Gasteiger partial charge < -0.3 is 9.88 Å². The lowest BCUT2D eigenvalue weighted by Gasteiger charge is -2.36. The van der Waals surface area contributed by atoms with Gasteiger partial charge in [-0.05, 0) is 42.7 Å². The van der Waals surface area contributed by atoms with Gasteiger partial charge in [-0.2, -0.15) is 0 Å². The van der Waals surface area contributed by atoms with Gasteiger partial charge in [-0.25, -0.2) is 0 Å². The van der Waals surface area contributed by atoms with Crippen LogP contribution in [0.2, 0.25) is 0 Å². The van der Waals surface area contributed by atoms with Crippen molar-refractivity contribution < 1.29 is 4.79 Å². The second kappa shape index (κ2) is 6.68. The Morgan fingerprint density at radius 3 is 2.57 bits per heavy atom. The zero-order chi connectivity index (χ0) is 19.1. The standard InChI is InChI=1S/C25H22N2O/c1-17-8-7-11-19(16-17)24-23-21(20-12-5-6-13-22(20)26-23)14-15-27(24)25(28)18-9-3-2-4-10-18/h2-13,16,24,26H,14-15H2,1H3/t24-/m1/s1. The number of benzene rings is 3. The van der Waals surface area contributed by atoms with Gasteiger partial charge in [-0.1, -0.05) is 66.2 Å². The largest absolute Gasteiger partial charge is 0.356 e. The van der Waals surface area contributed by atoms with E-state index in [1.54, 1.807) is 0 Å². The van der Waals surface area contributed by atoms with Crippen molar-refractivity contribution in [3.63, 3.8) is 0 Å². The number of fused-ring (bicyclic) bond motifs is 3. The highest BCUT2D eigenvalue weighted by atomic mass is 16.2. The van der Waals surface area contributed by atoms with E-state index in [0.29, 0.717) is 6.54 Å². The van der Waals surface area contributed by atoms with E-state index in [0.717, 1.165) is 28.8 Å². The molecular formula is C25H22N2O. The Morgan fingerprint density at radius 1 is 0.964 bits per heavy atom. The highest BCUT2D eigenvalue weighted by Crippen LogP contribution is 2.39. The first-order chi connectivity index (χ1) is 13.7. The van der Waals surface area contributed by atoms with Crippen LogP contribution in [0.5, 0.6) is 0 Å². The van der Waals surface area contributed by atoms with Crippen LogP contribution in [-0.4, -0.2) is 22.3 Å². The van der Waals surface area contributed by atoms with E-state index < -0.39 is 0 Å². The number of hydrogen-bond acceptors (Lipinski definition) is 1. The molecule has 0 bridgehead atoms. The van der Waals surface area contributed by atoms with Crippen LogP contribution in [-0.2, 0) is 6.42 Å². The Labute approximate surface area is 164 Å². The number of para-hydroxylation sites is 1. The number of carbonyl (C=O) groups is 1. The summed E-state index contributed by atoms with van der Waals surface area (Å²) < 4.78 is 0. The number of nitrogens with one attached hydrogen (secondary N) is 1. The van der Waals surface area contributed by atoms with Crippen molar-refractivity contribution in [2.24, 2.45) is 0 Å². The van der Waals surface area contributed by atoms with Crippen molar-refractivity contribution in [2.75, 3.05) is 6.54 Å². The fourth-order valence-electron chi connectivity index (χ4n) is 4.39. The van der Waals surface area contributed by atoms with Crippen molar-refractivity contribution in [3.8, 4) is 0 Å². The summed E-state index contributed by atoms with van der Waals surface area (Å²) in [7, 11) is 0. The summed E-state index contributed by atoms with van der Waals surface area (Å²) >= 11 is 0. The van der Waals surface area contributed by atoms with E-state index in [4.69, 9.17) is 0 Å². The SMILES string of the molecule is Cc1cccc([C@@H]2c3[nH]c4ccccc4c3CCN2C(=O)c2ccccc2)c1. The number of rotatable bonds is 2. The van der Waals surface area contributed by atoms with E-state index >= 15 is 0 Å². The number of aryl methyl sites for hydroxylation is 1. The maximum atomic E-state index is 13.4. The predicted octanol–water partition coefficient (Wildman–Crippen LogP) is 5.26. The second-order valence-electron chi connectivity index (χ2n) is 7.49. The molecule has 138 valence electrons. The van der Waals surface area contributed by atoms with Crippen molar-refractivity contribution >= 4 is 16.8 Å². The summed E-state index contributed by atoms with van der Waals surface area (Å²) in [5.41, 5.74) is 6.70. The Bertz CT molecular complexity index is 1160. The number of carbonyl (C=O) groups excluding carboxylic acids is 1. The number of aromatic nitrogens is 1. The molecule has 0 saturated carbocycles. The molecule has 0 spiro atoms. The summed E-state index contributed by atoms with van der Waals surface area (Å²) in [5.74, 6) is 0.0800. The lowest BCUT2D eigenvalue weighted by Crippen LogP contribution is -2.40. The molecule has 3 nitrogen and oxygen atoms in total. The van der Waals surface area contributed by atoms with Gasteiger partial charge in [0.1, 0.15) is 0 Å². The van der Waals surface area contributed by atoms with Crippen LogP contribution in [0.4, 0.5) is 0 Å². The smallest absolute Gasteiger partial charge is 0.254 e. The van der Waals surface area contributed by atoms with E-state index in [9.17, 15) is 4.79 Å². The van der Waals surface area contributed by atoms with Crippen LogP contribution in [0.1, 0.15) is 38.8 Å². The molecule has 0 radical (unpaired) electrons. The number of nitrogens with zero attached hydrogens (tertiary/aromatic N) is 1. The third-order valence-corrected chi connectivity index (χ3v) is 5.67. The van der Waals surface area contributed by atoms with Gasteiger partial charge in [0.05, 0.1) is 6.04 Å². The molecule has 28 heavy (non-hydrogen) atoms. The van der Waals surface area contributed by atoms with Crippen molar-refractivity contribution in [3.05, 3.63) is 107 Å². The minimum Gasteiger partial charge on any atom is -0.356 e. The third kappa shape index (κ3) is 2.71. The highest BCUT2D eigenvalue weighted by Gasteiger charge is 2.34. The highest BCUT2D eigenvalue weighted by molar-refractivity contribution is 5.95. The number of aromatic amines is 1. The van der Waals surface area contributed by atoms with Gasteiger partial charge in [0.2, 0.25) is 0 Å². The molecule has 1 amide bonds. The lowest BCUT2D eigenvalue weighted by molar-refractivity contribution is 0.0692. The molecule has 3 heteroatoms. The summed E-state index contributed by atoms with van der Waals surface area (Å²) in [6, 6.07) is 26.4. The quantitative estimate of drug-likeness (QED) is 0.516. The molecule has 3 aromatic carbocycles. The number of amides is 1. The molecule has 5 rings (SSSR count). The van der Waals surface area contributed by atoms with Gasteiger partial charge in [-0.3, -0.25) is 4.79 Å².